The molecule has 0 unspecified atom stereocenters. The highest BCUT2D eigenvalue weighted by Crippen LogP contribution is 2.29. The van der Waals surface area contributed by atoms with Crippen LogP contribution in [0, 0.1) is 0 Å². The van der Waals surface area contributed by atoms with Gasteiger partial charge in [-0.2, -0.15) is 18.2 Å². The molecule has 0 atom stereocenters. The van der Waals surface area contributed by atoms with Crippen molar-refractivity contribution in [1.82, 2.24) is 15.1 Å². The molecule has 2 aromatic heterocycles. The van der Waals surface area contributed by atoms with E-state index in [1.165, 1.54) is 18.3 Å². The molecule has 0 N–H and O–H groups in total. The summed E-state index contributed by atoms with van der Waals surface area (Å²) in [6.45, 7) is 0.255. The molecule has 7 nitrogen and oxygen atoms in total. The van der Waals surface area contributed by atoms with Crippen molar-refractivity contribution in [2.75, 3.05) is 11.9 Å². The third kappa shape index (κ3) is 2.90. The summed E-state index contributed by atoms with van der Waals surface area (Å²) in [5.74, 6) is -1.65. The minimum absolute atomic E-state index is 0.225. The SMILES string of the molecule is CN(Cc1ccc(-c2noc(C(F)(F)F)n2)cn1)c1cc(=O)c1=O. The highest BCUT2D eigenvalue weighted by molar-refractivity contribution is 5.53. The Morgan fingerprint density at radius 2 is 2.00 bits per heavy atom. The molecule has 0 saturated heterocycles. The van der Waals surface area contributed by atoms with E-state index in [9.17, 15) is 22.8 Å². The Bertz CT molecular complexity index is 939. The van der Waals surface area contributed by atoms with Crippen molar-refractivity contribution >= 4 is 5.69 Å². The summed E-state index contributed by atoms with van der Waals surface area (Å²) in [7, 11) is 1.63. The van der Waals surface area contributed by atoms with Crippen LogP contribution in [0.3, 0.4) is 0 Å². The third-order valence-electron chi connectivity index (χ3n) is 3.29. The van der Waals surface area contributed by atoms with Crippen LogP contribution in [-0.4, -0.2) is 22.2 Å². The molecule has 24 heavy (non-hydrogen) atoms. The van der Waals surface area contributed by atoms with Crippen LogP contribution >= 0.6 is 0 Å². The van der Waals surface area contributed by atoms with E-state index >= 15 is 0 Å². The fourth-order valence-corrected chi connectivity index (χ4v) is 2.02. The van der Waals surface area contributed by atoms with E-state index in [0.29, 0.717) is 11.4 Å². The first-order valence-electron chi connectivity index (χ1n) is 6.63. The maximum atomic E-state index is 12.4. The Morgan fingerprint density at radius 3 is 2.50 bits per heavy atom. The van der Waals surface area contributed by atoms with Crippen molar-refractivity contribution in [1.29, 1.82) is 0 Å². The smallest absolute Gasteiger partial charge is 0.365 e. The van der Waals surface area contributed by atoms with E-state index in [0.717, 1.165) is 0 Å². The van der Waals surface area contributed by atoms with Crippen LogP contribution < -0.4 is 15.8 Å². The van der Waals surface area contributed by atoms with Crippen LogP contribution in [0.4, 0.5) is 18.9 Å². The Morgan fingerprint density at radius 1 is 1.25 bits per heavy atom. The second kappa shape index (κ2) is 5.55. The average Bonchev–Trinajstić information content (AvgIpc) is 3.03. The van der Waals surface area contributed by atoms with E-state index in [1.807, 2.05) is 0 Å². The second-order valence-corrected chi connectivity index (χ2v) is 5.04. The van der Waals surface area contributed by atoms with Gasteiger partial charge in [0.25, 0.3) is 0 Å². The van der Waals surface area contributed by atoms with E-state index in [1.54, 1.807) is 18.0 Å². The van der Waals surface area contributed by atoms with Crippen LogP contribution in [-0.2, 0) is 12.7 Å². The highest BCUT2D eigenvalue weighted by atomic mass is 19.4. The van der Waals surface area contributed by atoms with E-state index < -0.39 is 22.9 Å². The van der Waals surface area contributed by atoms with Crippen LogP contribution in [0.1, 0.15) is 11.6 Å². The predicted molar refractivity (Wildman–Crippen MR) is 76.0 cm³/mol. The van der Waals surface area contributed by atoms with E-state index in [-0.39, 0.29) is 17.9 Å². The molecule has 0 bridgehead atoms. The molecular weight excluding hydrogens is 329 g/mol. The molecule has 3 rings (SSSR count). The molecule has 0 spiro atoms. The van der Waals surface area contributed by atoms with Crippen LogP contribution in [0.5, 0.6) is 0 Å². The molecule has 10 heteroatoms. The zero-order valence-electron chi connectivity index (χ0n) is 12.2. The van der Waals surface area contributed by atoms with Crippen molar-refractivity contribution in [3.8, 4) is 11.4 Å². The predicted octanol–water partition coefficient (Wildman–Crippen LogP) is 1.38. The summed E-state index contributed by atoms with van der Waals surface area (Å²) < 4.78 is 41.4. The molecule has 2 heterocycles. The first-order valence-corrected chi connectivity index (χ1v) is 6.63. The molecule has 124 valence electrons. The van der Waals surface area contributed by atoms with Gasteiger partial charge in [-0.1, -0.05) is 5.16 Å². The van der Waals surface area contributed by atoms with Gasteiger partial charge >= 0.3 is 12.1 Å². The van der Waals surface area contributed by atoms with Gasteiger partial charge in [-0.25, -0.2) is 0 Å². The van der Waals surface area contributed by atoms with Crippen LogP contribution in [0.15, 0.2) is 38.5 Å². The van der Waals surface area contributed by atoms with Gasteiger partial charge in [-0.3, -0.25) is 14.6 Å². The second-order valence-electron chi connectivity index (χ2n) is 5.04. The quantitative estimate of drug-likeness (QED) is 0.664. The molecular formula is C14H9F3N4O3. The molecule has 0 fully saturated rings. The Balaban J connectivity index is 1.74. The maximum absolute atomic E-state index is 12.4. The van der Waals surface area contributed by atoms with Gasteiger partial charge in [0, 0.05) is 24.9 Å². The number of aromatic nitrogens is 3. The monoisotopic (exact) mass is 338 g/mol. The number of nitrogens with zero attached hydrogens (tertiary/aromatic N) is 4. The largest absolute Gasteiger partial charge is 0.471 e. The summed E-state index contributed by atoms with van der Waals surface area (Å²) in [6, 6.07) is 4.28. The summed E-state index contributed by atoms with van der Waals surface area (Å²) in [5, 5.41) is 3.26. The lowest BCUT2D eigenvalue weighted by molar-refractivity contribution is -0.159. The third-order valence-corrected chi connectivity index (χ3v) is 3.29. The average molecular weight is 338 g/mol. The molecule has 0 amide bonds. The lowest BCUT2D eigenvalue weighted by Gasteiger charge is -2.18. The van der Waals surface area contributed by atoms with Gasteiger partial charge < -0.3 is 9.42 Å². The number of pyridine rings is 1. The molecule has 0 aliphatic rings. The lowest BCUT2D eigenvalue weighted by atomic mass is 10.2. The Hall–Kier alpha value is -3.04. The van der Waals surface area contributed by atoms with Gasteiger partial charge in [0.2, 0.25) is 16.7 Å². The topological polar surface area (TPSA) is 89.2 Å². The number of anilines is 1. The van der Waals surface area contributed by atoms with Crippen LogP contribution in [0.25, 0.3) is 11.4 Å². The normalized spacial score (nSPS) is 11.8. The fourth-order valence-electron chi connectivity index (χ4n) is 2.02. The van der Waals surface area contributed by atoms with E-state index in [4.69, 9.17) is 0 Å². The lowest BCUT2D eigenvalue weighted by Crippen LogP contribution is -2.37. The fraction of sp³-hybridized carbons (Fsp3) is 0.214. The minimum Gasteiger partial charge on any atom is -0.365 e. The first kappa shape index (κ1) is 15.8. The van der Waals surface area contributed by atoms with Gasteiger partial charge in [0.1, 0.15) is 0 Å². The zero-order chi connectivity index (χ0) is 17.5. The van der Waals surface area contributed by atoms with Crippen molar-refractivity contribution in [2.24, 2.45) is 0 Å². The highest BCUT2D eigenvalue weighted by Gasteiger charge is 2.38. The molecule has 1 aromatic carbocycles. The summed E-state index contributed by atoms with van der Waals surface area (Å²) in [6.07, 6.45) is -3.40. The molecule has 0 aliphatic carbocycles. The van der Waals surface area contributed by atoms with Crippen LogP contribution in [0.2, 0.25) is 0 Å². The summed E-state index contributed by atoms with van der Waals surface area (Å²) >= 11 is 0. The Kier molecular flexibility index (Phi) is 3.66. The number of hydrogen-bond donors (Lipinski definition) is 0. The van der Waals surface area contributed by atoms with Crippen molar-refractivity contribution < 1.29 is 17.7 Å². The van der Waals surface area contributed by atoms with Gasteiger partial charge in [-0.05, 0) is 12.1 Å². The van der Waals surface area contributed by atoms with Crippen molar-refractivity contribution in [3.63, 3.8) is 0 Å². The minimum atomic E-state index is -4.71. The van der Waals surface area contributed by atoms with E-state index in [2.05, 4.69) is 19.6 Å². The standard InChI is InChI=1S/C14H9F3N4O3/c1-21(9-4-10(22)11(9)23)6-8-3-2-7(5-18-8)12-19-13(24-20-12)14(15,16)17/h2-5H,6H2,1H3. The molecule has 3 aromatic rings. The number of rotatable bonds is 4. The zero-order valence-corrected chi connectivity index (χ0v) is 12.2. The van der Waals surface area contributed by atoms with Crippen molar-refractivity contribution in [2.45, 2.75) is 12.7 Å². The van der Waals surface area contributed by atoms with Gasteiger partial charge in [0.15, 0.2) is 0 Å². The first-order chi connectivity index (χ1) is 11.3. The Labute approximate surface area is 132 Å². The maximum Gasteiger partial charge on any atom is 0.471 e. The molecule has 0 saturated carbocycles. The number of halogens is 3. The number of alkyl halides is 3. The summed E-state index contributed by atoms with van der Waals surface area (Å²) in [4.78, 5) is 31.1. The molecule has 0 radical (unpaired) electrons. The summed E-state index contributed by atoms with van der Waals surface area (Å²) in [5.41, 5.74) is 0.000740. The number of hydrogen-bond acceptors (Lipinski definition) is 7. The van der Waals surface area contributed by atoms with Gasteiger partial charge in [0.05, 0.1) is 17.9 Å². The molecule has 0 aliphatic heterocycles. The van der Waals surface area contributed by atoms with Crippen molar-refractivity contribution in [3.05, 3.63) is 56.4 Å². The van der Waals surface area contributed by atoms with Gasteiger partial charge in [-0.15, -0.1) is 0 Å².